The molecule has 2 unspecified atom stereocenters. The maximum atomic E-state index is 12.0. The summed E-state index contributed by atoms with van der Waals surface area (Å²) in [7, 11) is 0. The van der Waals surface area contributed by atoms with Gasteiger partial charge < -0.3 is 20.1 Å². The highest BCUT2D eigenvalue weighted by Gasteiger charge is 2.37. The van der Waals surface area contributed by atoms with Crippen molar-refractivity contribution < 1.29 is 19.4 Å². The lowest BCUT2D eigenvalue weighted by molar-refractivity contribution is -0.151. The lowest BCUT2D eigenvalue weighted by Crippen LogP contribution is -2.65. The van der Waals surface area contributed by atoms with Crippen molar-refractivity contribution in [2.24, 2.45) is 11.8 Å². The molecule has 0 aromatic heterocycles. The standard InChI is InChI=1S/C12H20N2O4/c1-7(8(2)12(16)17)11(15)14-3-9(4-14)13-10-5-18-6-10/h7-10,13H,3-6H2,1-2H3,(H,16,17). The van der Waals surface area contributed by atoms with E-state index < -0.39 is 17.8 Å². The molecule has 0 saturated carbocycles. The second kappa shape index (κ2) is 5.24. The highest BCUT2D eigenvalue weighted by atomic mass is 16.5. The predicted octanol–water partition coefficient (Wildman–Crippen LogP) is -0.458. The molecule has 2 aliphatic rings. The molecule has 0 aromatic rings. The Balaban J connectivity index is 1.73. The van der Waals surface area contributed by atoms with Crippen LogP contribution in [-0.4, -0.2) is 60.3 Å². The molecule has 2 heterocycles. The lowest BCUT2D eigenvalue weighted by atomic mass is 9.93. The highest BCUT2D eigenvalue weighted by Crippen LogP contribution is 2.19. The molecule has 2 aliphatic heterocycles. The number of hydrogen-bond acceptors (Lipinski definition) is 4. The lowest BCUT2D eigenvalue weighted by Gasteiger charge is -2.44. The molecule has 0 aromatic carbocycles. The Morgan fingerprint density at radius 1 is 1.22 bits per heavy atom. The predicted molar refractivity (Wildman–Crippen MR) is 64.1 cm³/mol. The average Bonchev–Trinajstić information content (AvgIpc) is 2.21. The van der Waals surface area contributed by atoms with E-state index in [-0.39, 0.29) is 5.91 Å². The van der Waals surface area contributed by atoms with Crippen molar-refractivity contribution in [1.82, 2.24) is 10.2 Å². The number of rotatable bonds is 5. The maximum Gasteiger partial charge on any atom is 0.307 e. The molecule has 2 fully saturated rings. The minimum Gasteiger partial charge on any atom is -0.481 e. The van der Waals surface area contributed by atoms with Crippen LogP contribution in [-0.2, 0) is 14.3 Å². The Morgan fingerprint density at radius 3 is 2.28 bits per heavy atom. The van der Waals surface area contributed by atoms with Crippen LogP contribution in [0, 0.1) is 11.8 Å². The fraction of sp³-hybridized carbons (Fsp3) is 0.833. The molecular weight excluding hydrogens is 236 g/mol. The van der Waals surface area contributed by atoms with Crippen LogP contribution in [0.15, 0.2) is 0 Å². The molecule has 2 rings (SSSR count). The largest absolute Gasteiger partial charge is 0.481 e. The van der Waals surface area contributed by atoms with Gasteiger partial charge in [-0.15, -0.1) is 0 Å². The third kappa shape index (κ3) is 2.64. The highest BCUT2D eigenvalue weighted by molar-refractivity contribution is 5.84. The van der Waals surface area contributed by atoms with Gasteiger partial charge in [0.05, 0.1) is 25.2 Å². The van der Waals surface area contributed by atoms with E-state index in [9.17, 15) is 9.59 Å². The number of nitrogens with one attached hydrogen (secondary N) is 1. The van der Waals surface area contributed by atoms with Crippen LogP contribution in [0.4, 0.5) is 0 Å². The Kier molecular flexibility index (Phi) is 3.87. The van der Waals surface area contributed by atoms with E-state index in [1.165, 1.54) is 0 Å². The van der Waals surface area contributed by atoms with Gasteiger partial charge in [0.25, 0.3) is 0 Å². The third-order valence-corrected chi connectivity index (χ3v) is 3.83. The second-order valence-corrected chi connectivity index (χ2v) is 5.26. The summed E-state index contributed by atoms with van der Waals surface area (Å²) in [6, 6.07) is 0.748. The van der Waals surface area contributed by atoms with Crippen LogP contribution in [0.25, 0.3) is 0 Å². The van der Waals surface area contributed by atoms with E-state index in [1.807, 2.05) is 0 Å². The summed E-state index contributed by atoms with van der Waals surface area (Å²) in [5.74, 6) is -2.08. The van der Waals surface area contributed by atoms with E-state index in [2.05, 4.69) is 5.32 Å². The van der Waals surface area contributed by atoms with E-state index in [4.69, 9.17) is 9.84 Å². The van der Waals surface area contributed by atoms with Gasteiger partial charge in [0, 0.05) is 25.0 Å². The van der Waals surface area contributed by atoms with Gasteiger partial charge in [-0.2, -0.15) is 0 Å². The number of hydrogen-bond donors (Lipinski definition) is 2. The second-order valence-electron chi connectivity index (χ2n) is 5.26. The summed E-state index contributed by atoms with van der Waals surface area (Å²) in [6.45, 7) is 6.10. The number of aliphatic carboxylic acids is 1. The molecule has 0 radical (unpaired) electrons. The van der Waals surface area contributed by atoms with Crippen LogP contribution in [0.1, 0.15) is 13.8 Å². The van der Waals surface area contributed by atoms with E-state index in [1.54, 1.807) is 18.7 Å². The fourth-order valence-corrected chi connectivity index (χ4v) is 2.14. The van der Waals surface area contributed by atoms with Crippen molar-refractivity contribution in [3.63, 3.8) is 0 Å². The van der Waals surface area contributed by atoms with Gasteiger partial charge >= 0.3 is 5.97 Å². The summed E-state index contributed by atoms with van der Waals surface area (Å²) in [5, 5.41) is 12.3. The van der Waals surface area contributed by atoms with Crippen molar-refractivity contribution in [3.05, 3.63) is 0 Å². The van der Waals surface area contributed by atoms with E-state index in [0.717, 1.165) is 13.2 Å². The Bertz CT molecular complexity index is 337. The minimum atomic E-state index is -0.919. The van der Waals surface area contributed by atoms with Gasteiger partial charge in [-0.05, 0) is 0 Å². The minimum absolute atomic E-state index is 0.0622. The molecule has 6 nitrogen and oxygen atoms in total. The molecule has 0 aliphatic carbocycles. The van der Waals surface area contributed by atoms with Crippen molar-refractivity contribution in [3.8, 4) is 0 Å². The number of ether oxygens (including phenoxy) is 1. The fourth-order valence-electron chi connectivity index (χ4n) is 2.14. The topological polar surface area (TPSA) is 78.9 Å². The number of amides is 1. The number of nitrogens with zero attached hydrogens (tertiary/aromatic N) is 1. The quantitative estimate of drug-likeness (QED) is 0.696. The van der Waals surface area contributed by atoms with Crippen molar-refractivity contribution in [2.45, 2.75) is 25.9 Å². The normalized spacial score (nSPS) is 24.0. The molecular formula is C12H20N2O4. The number of carboxylic acids is 1. The maximum absolute atomic E-state index is 12.0. The third-order valence-electron chi connectivity index (χ3n) is 3.83. The number of carboxylic acid groups (broad SMARTS) is 1. The summed E-state index contributed by atoms with van der Waals surface area (Å²) >= 11 is 0. The smallest absolute Gasteiger partial charge is 0.307 e. The molecule has 102 valence electrons. The number of carbonyl (C=O) groups is 2. The summed E-state index contributed by atoms with van der Waals surface area (Å²) in [4.78, 5) is 24.6. The average molecular weight is 256 g/mol. The molecule has 0 bridgehead atoms. The Hall–Kier alpha value is -1.14. The zero-order valence-corrected chi connectivity index (χ0v) is 10.8. The molecule has 2 N–H and O–H groups in total. The molecule has 18 heavy (non-hydrogen) atoms. The molecule has 1 amide bonds. The zero-order chi connectivity index (χ0) is 13.3. The van der Waals surface area contributed by atoms with E-state index in [0.29, 0.717) is 25.2 Å². The Labute approximate surface area is 106 Å². The zero-order valence-electron chi connectivity index (χ0n) is 10.8. The first-order chi connectivity index (χ1) is 8.49. The van der Waals surface area contributed by atoms with Gasteiger partial charge in [0.15, 0.2) is 0 Å². The van der Waals surface area contributed by atoms with Crippen molar-refractivity contribution in [1.29, 1.82) is 0 Å². The molecule has 2 saturated heterocycles. The number of carbonyl (C=O) groups excluding carboxylic acids is 1. The van der Waals surface area contributed by atoms with Crippen LogP contribution in [0.3, 0.4) is 0 Å². The molecule has 2 atom stereocenters. The van der Waals surface area contributed by atoms with Crippen molar-refractivity contribution in [2.75, 3.05) is 26.3 Å². The van der Waals surface area contributed by atoms with Gasteiger partial charge in [0.2, 0.25) is 5.91 Å². The van der Waals surface area contributed by atoms with Gasteiger partial charge in [-0.3, -0.25) is 9.59 Å². The van der Waals surface area contributed by atoms with Crippen LogP contribution in [0.5, 0.6) is 0 Å². The molecule has 0 spiro atoms. The SMILES string of the molecule is CC(C(=O)O)C(C)C(=O)N1CC(NC2COC2)C1. The van der Waals surface area contributed by atoms with E-state index >= 15 is 0 Å². The van der Waals surface area contributed by atoms with Gasteiger partial charge in [-0.25, -0.2) is 0 Å². The van der Waals surface area contributed by atoms with Crippen LogP contribution < -0.4 is 5.32 Å². The summed E-state index contributed by atoms with van der Waals surface area (Å²) in [6.07, 6.45) is 0. The monoisotopic (exact) mass is 256 g/mol. The van der Waals surface area contributed by atoms with Gasteiger partial charge in [0.1, 0.15) is 0 Å². The van der Waals surface area contributed by atoms with Crippen molar-refractivity contribution >= 4 is 11.9 Å². The molecule has 6 heteroatoms. The van der Waals surface area contributed by atoms with Crippen LogP contribution >= 0.6 is 0 Å². The first-order valence-corrected chi connectivity index (χ1v) is 6.34. The van der Waals surface area contributed by atoms with Crippen LogP contribution in [0.2, 0.25) is 0 Å². The Morgan fingerprint density at radius 2 is 1.83 bits per heavy atom. The summed E-state index contributed by atoms with van der Waals surface area (Å²) in [5.41, 5.74) is 0. The number of likely N-dealkylation sites (tertiary alicyclic amines) is 1. The first-order valence-electron chi connectivity index (χ1n) is 6.34. The first kappa shape index (κ1) is 13.3. The van der Waals surface area contributed by atoms with Gasteiger partial charge in [-0.1, -0.05) is 13.8 Å². The summed E-state index contributed by atoms with van der Waals surface area (Å²) < 4.78 is 5.07.